The summed E-state index contributed by atoms with van der Waals surface area (Å²) in [6.07, 6.45) is 4.35. The molecule has 0 bridgehead atoms. The van der Waals surface area contributed by atoms with Gasteiger partial charge in [0.2, 0.25) is 0 Å². The highest BCUT2D eigenvalue weighted by Gasteiger charge is 2.35. The van der Waals surface area contributed by atoms with Gasteiger partial charge in [-0.1, -0.05) is 0 Å². The van der Waals surface area contributed by atoms with Crippen LogP contribution in [0.1, 0.15) is 25.0 Å². The smallest absolute Gasteiger partial charge is 0.169 e. The normalized spacial score (nSPS) is 27.4. The zero-order valence-electron chi connectivity index (χ0n) is 8.79. The Kier molecular flexibility index (Phi) is 2.61. The highest BCUT2D eigenvalue weighted by molar-refractivity contribution is 9.10. The maximum atomic E-state index is 5.53. The first-order valence-electron chi connectivity index (χ1n) is 5.78. The number of nitrogens with zero attached hydrogens (tertiary/aromatic N) is 1. The Morgan fingerprint density at radius 1 is 1.27 bits per heavy atom. The number of likely N-dealkylation sites (tertiary alicyclic amines) is 1. The molecule has 3 rings (SSSR count). The van der Waals surface area contributed by atoms with Crippen LogP contribution in [-0.4, -0.2) is 18.0 Å². The zero-order valence-corrected chi connectivity index (χ0v) is 10.4. The van der Waals surface area contributed by atoms with Gasteiger partial charge in [0.05, 0.1) is 6.54 Å². The van der Waals surface area contributed by atoms with Crippen molar-refractivity contribution < 1.29 is 4.42 Å². The van der Waals surface area contributed by atoms with Gasteiger partial charge >= 0.3 is 0 Å². The van der Waals surface area contributed by atoms with Gasteiger partial charge < -0.3 is 4.42 Å². The van der Waals surface area contributed by atoms with Gasteiger partial charge in [-0.2, -0.15) is 0 Å². The van der Waals surface area contributed by atoms with Crippen molar-refractivity contribution in [1.82, 2.24) is 4.90 Å². The third kappa shape index (κ3) is 2.28. The first-order valence-corrected chi connectivity index (χ1v) is 6.57. The van der Waals surface area contributed by atoms with E-state index < -0.39 is 0 Å². The average Bonchev–Trinajstić information content (AvgIpc) is 2.84. The molecule has 0 N–H and O–H groups in total. The molecule has 1 aliphatic carbocycles. The van der Waals surface area contributed by atoms with Crippen LogP contribution in [0, 0.1) is 11.8 Å². The second-order valence-corrected chi connectivity index (χ2v) is 5.61. The van der Waals surface area contributed by atoms with Gasteiger partial charge in [0, 0.05) is 6.54 Å². The lowest BCUT2D eigenvalue weighted by molar-refractivity contribution is 0.279. The molecule has 1 aliphatic heterocycles. The van der Waals surface area contributed by atoms with E-state index in [1.807, 2.05) is 6.07 Å². The Labute approximate surface area is 98.8 Å². The van der Waals surface area contributed by atoms with Gasteiger partial charge in [-0.3, -0.25) is 4.90 Å². The first-order chi connectivity index (χ1) is 7.31. The van der Waals surface area contributed by atoms with Crippen LogP contribution >= 0.6 is 15.9 Å². The average molecular weight is 270 g/mol. The van der Waals surface area contributed by atoms with E-state index in [0.29, 0.717) is 0 Å². The molecule has 0 spiro atoms. The van der Waals surface area contributed by atoms with E-state index in [1.54, 1.807) is 0 Å². The standard InChI is InChI=1S/C12H16BrNO/c13-12-4-3-11(15-12)8-14-6-5-10(7-14)9-1-2-9/h3-4,9-10H,1-2,5-8H2. The molecule has 1 saturated heterocycles. The van der Waals surface area contributed by atoms with Gasteiger partial charge in [-0.05, 0) is 65.7 Å². The Bertz CT molecular complexity index is 345. The third-order valence-corrected chi connectivity index (χ3v) is 4.03. The largest absolute Gasteiger partial charge is 0.453 e. The minimum Gasteiger partial charge on any atom is -0.453 e. The van der Waals surface area contributed by atoms with Crippen molar-refractivity contribution >= 4 is 15.9 Å². The van der Waals surface area contributed by atoms with Crippen molar-refractivity contribution in [3.8, 4) is 0 Å². The lowest BCUT2D eigenvalue weighted by Crippen LogP contribution is -2.20. The quantitative estimate of drug-likeness (QED) is 0.838. The Hall–Kier alpha value is -0.280. The summed E-state index contributed by atoms with van der Waals surface area (Å²) in [7, 11) is 0. The predicted octanol–water partition coefficient (Wildman–Crippen LogP) is 3.27. The van der Waals surface area contributed by atoms with Gasteiger partial charge in [0.25, 0.3) is 0 Å². The lowest BCUT2D eigenvalue weighted by Gasteiger charge is -2.13. The van der Waals surface area contributed by atoms with E-state index >= 15 is 0 Å². The van der Waals surface area contributed by atoms with E-state index in [2.05, 4.69) is 26.9 Å². The van der Waals surface area contributed by atoms with Crippen LogP contribution in [0.2, 0.25) is 0 Å². The third-order valence-electron chi connectivity index (χ3n) is 3.61. The molecule has 1 saturated carbocycles. The summed E-state index contributed by atoms with van der Waals surface area (Å²) >= 11 is 3.34. The Balaban J connectivity index is 1.56. The SMILES string of the molecule is Brc1ccc(CN2CCC(C3CC3)C2)o1. The van der Waals surface area contributed by atoms with Crippen LogP contribution in [0.4, 0.5) is 0 Å². The first kappa shape index (κ1) is 9.91. The molecule has 15 heavy (non-hydrogen) atoms. The van der Waals surface area contributed by atoms with Crippen LogP contribution in [0.3, 0.4) is 0 Å². The minimum atomic E-state index is 0.843. The van der Waals surface area contributed by atoms with Gasteiger partial charge in [-0.15, -0.1) is 0 Å². The van der Waals surface area contributed by atoms with Crippen LogP contribution in [0.15, 0.2) is 21.2 Å². The fourth-order valence-corrected chi connectivity index (χ4v) is 2.96. The molecular formula is C12H16BrNO. The van der Waals surface area contributed by atoms with Crippen molar-refractivity contribution in [3.63, 3.8) is 0 Å². The second-order valence-electron chi connectivity index (χ2n) is 4.83. The molecule has 82 valence electrons. The van der Waals surface area contributed by atoms with E-state index in [-0.39, 0.29) is 0 Å². The fourth-order valence-electron chi connectivity index (χ4n) is 2.62. The van der Waals surface area contributed by atoms with Crippen molar-refractivity contribution in [2.45, 2.75) is 25.8 Å². The maximum absolute atomic E-state index is 5.53. The van der Waals surface area contributed by atoms with E-state index in [1.165, 1.54) is 32.4 Å². The Morgan fingerprint density at radius 3 is 2.80 bits per heavy atom. The number of rotatable bonds is 3. The van der Waals surface area contributed by atoms with Crippen LogP contribution in [0.25, 0.3) is 0 Å². The van der Waals surface area contributed by atoms with E-state index in [9.17, 15) is 0 Å². The molecule has 3 heteroatoms. The summed E-state index contributed by atoms with van der Waals surface area (Å²) in [6.45, 7) is 3.51. The molecule has 0 amide bonds. The topological polar surface area (TPSA) is 16.4 Å². The molecule has 2 aliphatic rings. The number of hydrogen-bond acceptors (Lipinski definition) is 2. The molecule has 1 atom stereocenters. The highest BCUT2D eigenvalue weighted by Crippen LogP contribution is 2.41. The van der Waals surface area contributed by atoms with Crippen molar-refractivity contribution in [2.24, 2.45) is 11.8 Å². The highest BCUT2D eigenvalue weighted by atomic mass is 79.9. The lowest BCUT2D eigenvalue weighted by atomic mass is 10.0. The molecule has 1 aromatic rings. The zero-order chi connectivity index (χ0) is 10.3. The van der Waals surface area contributed by atoms with Crippen LogP contribution in [-0.2, 0) is 6.54 Å². The van der Waals surface area contributed by atoms with Crippen molar-refractivity contribution in [3.05, 3.63) is 22.6 Å². The molecule has 0 radical (unpaired) electrons. The molecule has 2 heterocycles. The summed E-state index contributed by atoms with van der Waals surface area (Å²) in [5, 5.41) is 0. The van der Waals surface area contributed by atoms with Crippen LogP contribution < -0.4 is 0 Å². The number of hydrogen-bond donors (Lipinski definition) is 0. The second kappa shape index (κ2) is 3.95. The minimum absolute atomic E-state index is 0.843. The molecule has 1 aromatic heterocycles. The van der Waals surface area contributed by atoms with Gasteiger partial charge in [-0.25, -0.2) is 0 Å². The summed E-state index contributed by atoms with van der Waals surface area (Å²) in [5.41, 5.74) is 0. The summed E-state index contributed by atoms with van der Waals surface area (Å²) < 4.78 is 6.37. The molecule has 1 unspecified atom stereocenters. The summed E-state index contributed by atoms with van der Waals surface area (Å²) in [6, 6.07) is 4.04. The monoisotopic (exact) mass is 269 g/mol. The molecular weight excluding hydrogens is 254 g/mol. The van der Waals surface area contributed by atoms with Crippen LogP contribution in [0.5, 0.6) is 0 Å². The number of furan rings is 1. The van der Waals surface area contributed by atoms with E-state index in [4.69, 9.17) is 4.42 Å². The van der Waals surface area contributed by atoms with E-state index in [0.717, 1.165) is 28.8 Å². The maximum Gasteiger partial charge on any atom is 0.169 e. The molecule has 2 nitrogen and oxygen atoms in total. The molecule has 2 fully saturated rings. The molecule has 0 aromatic carbocycles. The Morgan fingerprint density at radius 2 is 2.13 bits per heavy atom. The fraction of sp³-hybridized carbons (Fsp3) is 0.667. The number of halogens is 1. The van der Waals surface area contributed by atoms with Crippen molar-refractivity contribution in [1.29, 1.82) is 0 Å². The summed E-state index contributed by atoms with van der Waals surface area (Å²) in [5.74, 6) is 3.11. The van der Waals surface area contributed by atoms with Gasteiger partial charge in [0.15, 0.2) is 4.67 Å². The van der Waals surface area contributed by atoms with Gasteiger partial charge in [0.1, 0.15) is 5.76 Å². The summed E-state index contributed by atoms with van der Waals surface area (Å²) in [4.78, 5) is 2.52. The van der Waals surface area contributed by atoms with Crippen molar-refractivity contribution in [2.75, 3.05) is 13.1 Å². The predicted molar refractivity (Wildman–Crippen MR) is 62.5 cm³/mol.